The average Bonchev–Trinajstić information content (AvgIpc) is 2.79. The van der Waals surface area contributed by atoms with Gasteiger partial charge in [0.15, 0.2) is 0 Å². The molecule has 0 saturated carbocycles. The summed E-state index contributed by atoms with van der Waals surface area (Å²) in [4.78, 5) is 35.3. The van der Waals surface area contributed by atoms with Crippen LogP contribution in [-0.4, -0.2) is 16.0 Å². The maximum Gasteiger partial charge on any atom is 0.327 e. The van der Waals surface area contributed by atoms with E-state index >= 15 is 0 Å². The zero-order valence-corrected chi connectivity index (χ0v) is 18.6. The van der Waals surface area contributed by atoms with Gasteiger partial charge in [0.25, 0.3) is 5.56 Å². The Morgan fingerprint density at radius 3 is 2.62 bits per heavy atom. The van der Waals surface area contributed by atoms with Gasteiger partial charge in [0.2, 0.25) is 0 Å². The number of anilines is 2. The lowest BCUT2D eigenvalue weighted by molar-refractivity contribution is 0.255. The highest BCUT2D eigenvalue weighted by Gasteiger charge is 2.27. The fourth-order valence-corrected chi connectivity index (χ4v) is 3.90. The summed E-state index contributed by atoms with van der Waals surface area (Å²) < 4.78 is 0. The highest BCUT2D eigenvalue weighted by atomic mass is 35.5. The van der Waals surface area contributed by atoms with Gasteiger partial charge in [0.1, 0.15) is 5.82 Å². The first-order chi connectivity index (χ1) is 15.5. The minimum Gasteiger partial charge on any atom is -0.308 e. The largest absolute Gasteiger partial charge is 0.327 e. The van der Waals surface area contributed by atoms with E-state index in [0.717, 1.165) is 17.7 Å². The van der Waals surface area contributed by atoms with Gasteiger partial charge in [-0.2, -0.15) is 0 Å². The molecule has 0 saturated heterocycles. The van der Waals surface area contributed by atoms with E-state index in [2.05, 4.69) is 15.3 Å². The number of aryl methyl sites for hydroxylation is 1. The van der Waals surface area contributed by atoms with Crippen LogP contribution in [0, 0.1) is 0 Å². The smallest absolute Gasteiger partial charge is 0.308 e. The summed E-state index contributed by atoms with van der Waals surface area (Å²) in [6.07, 6.45) is 0.742. The standard InChI is InChI=1S/C25H23ClN4O2/c1-3-17-9-4-7-14-22(17)30(25(32)27-19-11-8-10-18(26)15-19)16(2)23-28-21-13-6-5-12-20(21)24(31)29-23/h4-16H,3H2,1-2H3,(H,27,32)(H,28,29,31). The predicted molar refractivity (Wildman–Crippen MR) is 130 cm³/mol. The highest BCUT2D eigenvalue weighted by Crippen LogP contribution is 2.30. The van der Waals surface area contributed by atoms with E-state index in [1.807, 2.05) is 44.2 Å². The molecule has 0 spiro atoms. The molecule has 162 valence electrons. The van der Waals surface area contributed by atoms with Crippen LogP contribution in [0.3, 0.4) is 0 Å². The van der Waals surface area contributed by atoms with Crippen molar-refractivity contribution in [1.29, 1.82) is 0 Å². The quantitative estimate of drug-likeness (QED) is 0.398. The van der Waals surface area contributed by atoms with Crippen LogP contribution in [0.15, 0.2) is 77.6 Å². The zero-order chi connectivity index (χ0) is 22.7. The zero-order valence-electron chi connectivity index (χ0n) is 17.8. The van der Waals surface area contributed by atoms with E-state index in [0.29, 0.717) is 27.4 Å². The first-order valence-corrected chi connectivity index (χ1v) is 10.8. The highest BCUT2D eigenvalue weighted by molar-refractivity contribution is 6.30. The van der Waals surface area contributed by atoms with E-state index < -0.39 is 6.04 Å². The van der Waals surface area contributed by atoms with Crippen molar-refractivity contribution in [3.8, 4) is 0 Å². The second-order valence-electron chi connectivity index (χ2n) is 7.44. The monoisotopic (exact) mass is 446 g/mol. The molecule has 0 bridgehead atoms. The maximum absolute atomic E-state index is 13.5. The Labute approximate surface area is 190 Å². The molecule has 0 aliphatic heterocycles. The number of urea groups is 1. The first-order valence-electron chi connectivity index (χ1n) is 10.4. The average molecular weight is 447 g/mol. The van der Waals surface area contributed by atoms with Crippen molar-refractivity contribution in [2.45, 2.75) is 26.3 Å². The van der Waals surface area contributed by atoms with Crippen molar-refractivity contribution >= 4 is 39.9 Å². The summed E-state index contributed by atoms with van der Waals surface area (Å²) in [5.41, 5.74) is 2.67. The Balaban J connectivity index is 1.80. The number of nitrogens with one attached hydrogen (secondary N) is 2. The number of carbonyl (C=O) groups excluding carboxylic acids is 1. The molecular weight excluding hydrogens is 424 g/mol. The van der Waals surface area contributed by atoms with Gasteiger partial charge in [0.05, 0.1) is 16.9 Å². The number of hydrogen-bond acceptors (Lipinski definition) is 3. The lowest BCUT2D eigenvalue weighted by atomic mass is 10.1. The number of aromatic amines is 1. The Bertz CT molecular complexity index is 1330. The van der Waals surface area contributed by atoms with Crippen molar-refractivity contribution in [3.63, 3.8) is 0 Å². The Morgan fingerprint density at radius 2 is 1.84 bits per heavy atom. The normalized spacial score (nSPS) is 11.8. The molecule has 1 atom stereocenters. The molecular formula is C25H23ClN4O2. The van der Waals surface area contributed by atoms with E-state index in [4.69, 9.17) is 11.6 Å². The van der Waals surface area contributed by atoms with E-state index in [9.17, 15) is 9.59 Å². The van der Waals surface area contributed by atoms with Gasteiger partial charge in [-0.25, -0.2) is 9.78 Å². The van der Waals surface area contributed by atoms with Gasteiger partial charge in [-0.1, -0.05) is 54.9 Å². The molecule has 1 aromatic heterocycles. The van der Waals surface area contributed by atoms with Crippen LogP contribution in [-0.2, 0) is 6.42 Å². The Morgan fingerprint density at radius 1 is 1.09 bits per heavy atom. The SMILES string of the molecule is CCc1ccccc1N(C(=O)Nc1cccc(Cl)c1)C(C)c1nc2ccccc2c(=O)[nH]1. The number of H-pyrrole nitrogens is 1. The number of nitrogens with zero attached hydrogens (tertiary/aromatic N) is 2. The molecule has 4 aromatic rings. The van der Waals surface area contributed by atoms with Gasteiger partial charge in [-0.3, -0.25) is 9.69 Å². The topological polar surface area (TPSA) is 78.1 Å². The second-order valence-corrected chi connectivity index (χ2v) is 7.87. The van der Waals surface area contributed by atoms with Gasteiger partial charge in [-0.05, 0) is 55.3 Å². The summed E-state index contributed by atoms with van der Waals surface area (Å²) >= 11 is 6.09. The summed E-state index contributed by atoms with van der Waals surface area (Å²) in [5, 5.41) is 3.95. The van der Waals surface area contributed by atoms with Gasteiger partial charge in [0, 0.05) is 16.4 Å². The maximum atomic E-state index is 13.5. The number of fused-ring (bicyclic) bond motifs is 1. The van der Waals surface area contributed by atoms with E-state index in [1.165, 1.54) is 0 Å². The van der Waals surface area contributed by atoms with Gasteiger partial charge >= 0.3 is 6.03 Å². The van der Waals surface area contributed by atoms with Crippen LogP contribution in [0.1, 0.15) is 31.3 Å². The van der Waals surface area contributed by atoms with Crippen molar-refractivity contribution in [2.75, 3.05) is 10.2 Å². The minimum absolute atomic E-state index is 0.239. The van der Waals surface area contributed by atoms with Crippen LogP contribution >= 0.6 is 11.6 Å². The summed E-state index contributed by atoms with van der Waals surface area (Å²) in [6, 6.07) is 20.9. The van der Waals surface area contributed by atoms with Crippen LogP contribution in [0.2, 0.25) is 5.02 Å². The summed E-state index contributed by atoms with van der Waals surface area (Å²) in [7, 11) is 0. The van der Waals surface area contributed by atoms with Crippen LogP contribution < -0.4 is 15.8 Å². The molecule has 2 amide bonds. The van der Waals surface area contributed by atoms with Crippen molar-refractivity contribution in [3.05, 3.63) is 99.6 Å². The number of hydrogen-bond donors (Lipinski definition) is 2. The Kier molecular flexibility index (Phi) is 6.23. The van der Waals surface area contributed by atoms with E-state index in [-0.39, 0.29) is 11.6 Å². The molecule has 7 heteroatoms. The molecule has 0 aliphatic carbocycles. The molecule has 4 rings (SSSR count). The molecule has 0 fully saturated rings. The van der Waals surface area contributed by atoms with Crippen molar-refractivity contribution in [1.82, 2.24) is 9.97 Å². The molecule has 0 radical (unpaired) electrons. The molecule has 3 aromatic carbocycles. The van der Waals surface area contributed by atoms with E-state index in [1.54, 1.807) is 47.4 Å². The number of aromatic nitrogens is 2. The first kappa shape index (κ1) is 21.6. The minimum atomic E-state index is -0.542. The lowest BCUT2D eigenvalue weighted by Crippen LogP contribution is -2.39. The van der Waals surface area contributed by atoms with Gasteiger partial charge < -0.3 is 10.3 Å². The van der Waals surface area contributed by atoms with Crippen molar-refractivity contribution in [2.24, 2.45) is 0 Å². The third-order valence-corrected chi connectivity index (χ3v) is 5.58. The second kappa shape index (κ2) is 9.24. The number of halogens is 1. The number of amides is 2. The Hall–Kier alpha value is -3.64. The molecule has 6 nitrogen and oxygen atoms in total. The molecule has 1 heterocycles. The number of benzene rings is 3. The summed E-state index contributed by atoms with van der Waals surface area (Å²) in [6.45, 7) is 3.88. The van der Waals surface area contributed by atoms with Crippen LogP contribution in [0.5, 0.6) is 0 Å². The third kappa shape index (κ3) is 4.36. The van der Waals surface area contributed by atoms with Gasteiger partial charge in [-0.15, -0.1) is 0 Å². The predicted octanol–water partition coefficient (Wildman–Crippen LogP) is 5.94. The number of rotatable bonds is 5. The van der Waals surface area contributed by atoms with Crippen molar-refractivity contribution < 1.29 is 4.79 Å². The molecule has 2 N–H and O–H groups in total. The fourth-order valence-electron chi connectivity index (χ4n) is 3.71. The fraction of sp³-hybridized carbons (Fsp3) is 0.160. The summed E-state index contributed by atoms with van der Waals surface area (Å²) in [5.74, 6) is 0.404. The number of para-hydroxylation sites is 2. The van der Waals surface area contributed by atoms with Crippen LogP contribution in [0.25, 0.3) is 10.9 Å². The molecule has 1 unspecified atom stereocenters. The molecule has 0 aliphatic rings. The molecule has 32 heavy (non-hydrogen) atoms. The van der Waals surface area contributed by atoms with Crippen LogP contribution in [0.4, 0.5) is 16.2 Å². The third-order valence-electron chi connectivity index (χ3n) is 5.34. The number of carbonyl (C=O) groups is 1. The lowest BCUT2D eigenvalue weighted by Gasteiger charge is -2.30.